The van der Waals surface area contributed by atoms with E-state index in [4.69, 9.17) is 9.84 Å². The highest BCUT2D eigenvalue weighted by atomic mass is 16.5. The number of nitrogens with zero attached hydrogens (tertiary/aromatic N) is 1. The van der Waals surface area contributed by atoms with Crippen LogP contribution in [0, 0.1) is 5.92 Å². The van der Waals surface area contributed by atoms with Gasteiger partial charge in [0.05, 0.1) is 17.8 Å². The molecule has 1 aliphatic heterocycles. The van der Waals surface area contributed by atoms with Crippen LogP contribution in [0.5, 0.6) is 0 Å². The van der Waals surface area contributed by atoms with Crippen LogP contribution in [0.4, 0.5) is 0 Å². The van der Waals surface area contributed by atoms with E-state index >= 15 is 0 Å². The minimum Gasteiger partial charge on any atom is -0.478 e. The summed E-state index contributed by atoms with van der Waals surface area (Å²) in [5, 5.41) is 8.95. The minimum absolute atomic E-state index is 0.354. The molecule has 132 valence electrons. The summed E-state index contributed by atoms with van der Waals surface area (Å²) in [6, 6.07) is 7.24. The Kier molecular flexibility index (Phi) is 5.90. The number of carboxylic acids is 1. The van der Waals surface area contributed by atoms with Crippen LogP contribution in [-0.4, -0.2) is 41.3 Å². The third kappa shape index (κ3) is 4.81. The molecule has 1 saturated heterocycles. The van der Waals surface area contributed by atoms with Gasteiger partial charge in [0.1, 0.15) is 0 Å². The molecule has 2 fully saturated rings. The maximum absolute atomic E-state index is 10.9. The zero-order valence-electron chi connectivity index (χ0n) is 14.6. The normalized spacial score (nSPS) is 26.4. The zero-order chi connectivity index (χ0) is 16.9. The molecule has 1 aliphatic carbocycles. The number of ether oxygens (including phenoxy) is 1. The van der Waals surface area contributed by atoms with Crippen LogP contribution in [0.15, 0.2) is 24.3 Å². The first-order chi connectivity index (χ1) is 11.6. The van der Waals surface area contributed by atoms with E-state index < -0.39 is 5.97 Å². The van der Waals surface area contributed by atoms with Crippen molar-refractivity contribution in [3.8, 4) is 0 Å². The molecule has 0 radical (unpaired) electrons. The number of carboxylic acid groups (broad SMARTS) is 1. The third-order valence-electron chi connectivity index (χ3n) is 5.49. The van der Waals surface area contributed by atoms with Gasteiger partial charge in [-0.2, -0.15) is 0 Å². The van der Waals surface area contributed by atoms with Crippen molar-refractivity contribution < 1.29 is 14.6 Å². The number of aromatic carboxylic acids is 1. The van der Waals surface area contributed by atoms with Crippen LogP contribution in [-0.2, 0) is 11.3 Å². The molecule has 1 saturated carbocycles. The van der Waals surface area contributed by atoms with E-state index in [0.717, 1.165) is 38.4 Å². The first-order valence-corrected chi connectivity index (χ1v) is 9.30. The summed E-state index contributed by atoms with van der Waals surface area (Å²) in [5.74, 6) is 0.0100. The Labute approximate surface area is 144 Å². The first kappa shape index (κ1) is 17.4. The van der Waals surface area contributed by atoms with Crippen molar-refractivity contribution in [2.75, 3.05) is 13.1 Å². The largest absolute Gasteiger partial charge is 0.478 e. The van der Waals surface area contributed by atoms with E-state index in [1.165, 1.54) is 31.2 Å². The summed E-state index contributed by atoms with van der Waals surface area (Å²) in [5.41, 5.74) is 1.54. The zero-order valence-corrected chi connectivity index (χ0v) is 14.6. The molecule has 1 N–H and O–H groups in total. The second kappa shape index (κ2) is 8.13. The predicted octanol–water partition coefficient (Wildman–Crippen LogP) is 3.94. The summed E-state index contributed by atoms with van der Waals surface area (Å²) in [4.78, 5) is 13.3. The lowest BCUT2D eigenvalue weighted by Crippen LogP contribution is -2.38. The number of hydrogen-bond acceptors (Lipinski definition) is 3. The van der Waals surface area contributed by atoms with Gasteiger partial charge in [-0.25, -0.2) is 4.79 Å². The van der Waals surface area contributed by atoms with Gasteiger partial charge in [-0.1, -0.05) is 19.1 Å². The monoisotopic (exact) mass is 331 g/mol. The Balaban J connectivity index is 1.41. The fourth-order valence-electron chi connectivity index (χ4n) is 3.85. The maximum atomic E-state index is 10.9. The molecule has 1 heterocycles. The minimum atomic E-state index is -0.864. The van der Waals surface area contributed by atoms with Gasteiger partial charge in [0.25, 0.3) is 0 Å². The molecule has 0 bridgehead atoms. The summed E-state index contributed by atoms with van der Waals surface area (Å²) in [6.45, 7) is 5.37. The van der Waals surface area contributed by atoms with E-state index in [2.05, 4.69) is 11.8 Å². The molecule has 0 spiro atoms. The molecule has 0 atom stereocenters. The number of likely N-dealkylation sites (tertiary alicyclic amines) is 1. The topological polar surface area (TPSA) is 49.8 Å². The van der Waals surface area contributed by atoms with Crippen LogP contribution in [0.1, 0.15) is 61.4 Å². The second-order valence-electron chi connectivity index (χ2n) is 7.50. The molecule has 4 heteroatoms. The van der Waals surface area contributed by atoms with Crippen LogP contribution in [0.25, 0.3) is 0 Å². The van der Waals surface area contributed by atoms with E-state index in [1.54, 1.807) is 12.1 Å². The van der Waals surface area contributed by atoms with Crippen LogP contribution >= 0.6 is 0 Å². The fraction of sp³-hybridized carbons (Fsp3) is 0.650. The van der Waals surface area contributed by atoms with Gasteiger partial charge in [0.2, 0.25) is 0 Å². The van der Waals surface area contributed by atoms with Crippen LogP contribution in [0.2, 0.25) is 0 Å². The van der Waals surface area contributed by atoms with E-state index in [1.807, 2.05) is 12.1 Å². The summed E-state index contributed by atoms with van der Waals surface area (Å²) >= 11 is 0. The highest BCUT2D eigenvalue weighted by molar-refractivity contribution is 5.87. The van der Waals surface area contributed by atoms with Crippen molar-refractivity contribution in [1.82, 2.24) is 4.90 Å². The van der Waals surface area contributed by atoms with Crippen molar-refractivity contribution in [2.24, 2.45) is 5.92 Å². The fourth-order valence-corrected chi connectivity index (χ4v) is 3.85. The van der Waals surface area contributed by atoms with Crippen molar-refractivity contribution in [3.63, 3.8) is 0 Å². The Bertz CT molecular complexity index is 526. The molecule has 0 amide bonds. The van der Waals surface area contributed by atoms with Crippen molar-refractivity contribution in [2.45, 2.75) is 64.2 Å². The molecule has 3 rings (SSSR count). The van der Waals surface area contributed by atoms with Crippen LogP contribution < -0.4 is 0 Å². The van der Waals surface area contributed by atoms with Crippen LogP contribution in [0.3, 0.4) is 0 Å². The SMILES string of the molecule is CC1CCC(OC2CCN(Cc3ccc(C(=O)O)cc3)CC2)CC1. The van der Waals surface area contributed by atoms with Gasteiger partial charge in [-0.3, -0.25) is 4.90 Å². The molecule has 24 heavy (non-hydrogen) atoms. The summed E-state index contributed by atoms with van der Waals surface area (Å²) in [7, 11) is 0. The van der Waals surface area contributed by atoms with E-state index in [-0.39, 0.29) is 0 Å². The lowest BCUT2D eigenvalue weighted by molar-refractivity contribution is -0.0608. The summed E-state index contributed by atoms with van der Waals surface area (Å²) in [6.07, 6.45) is 8.23. The quantitative estimate of drug-likeness (QED) is 0.888. The predicted molar refractivity (Wildman–Crippen MR) is 94.2 cm³/mol. The van der Waals surface area contributed by atoms with Crippen molar-refractivity contribution >= 4 is 5.97 Å². The average molecular weight is 331 g/mol. The molecular formula is C20H29NO3. The van der Waals surface area contributed by atoms with Gasteiger partial charge < -0.3 is 9.84 Å². The van der Waals surface area contributed by atoms with E-state index in [0.29, 0.717) is 17.8 Å². The smallest absolute Gasteiger partial charge is 0.335 e. The molecule has 2 aliphatic rings. The average Bonchev–Trinajstić information content (AvgIpc) is 2.59. The third-order valence-corrected chi connectivity index (χ3v) is 5.49. The Morgan fingerprint density at radius 1 is 1.04 bits per heavy atom. The van der Waals surface area contributed by atoms with Gasteiger partial charge in [0.15, 0.2) is 0 Å². The van der Waals surface area contributed by atoms with Gasteiger partial charge in [-0.15, -0.1) is 0 Å². The van der Waals surface area contributed by atoms with Gasteiger partial charge >= 0.3 is 5.97 Å². The lowest BCUT2D eigenvalue weighted by atomic mass is 9.88. The standard InChI is InChI=1S/C20H29NO3/c1-15-2-8-18(9-3-15)24-19-10-12-21(13-11-19)14-16-4-6-17(7-5-16)20(22)23/h4-7,15,18-19H,2-3,8-14H2,1H3,(H,22,23). The Morgan fingerprint density at radius 2 is 1.62 bits per heavy atom. The lowest BCUT2D eigenvalue weighted by Gasteiger charge is -2.35. The molecule has 0 unspecified atom stereocenters. The number of hydrogen-bond donors (Lipinski definition) is 1. The molecule has 4 nitrogen and oxygen atoms in total. The molecule has 1 aromatic rings. The summed E-state index contributed by atoms with van der Waals surface area (Å²) < 4.78 is 6.33. The first-order valence-electron chi connectivity index (χ1n) is 9.30. The molecule has 0 aromatic heterocycles. The number of benzene rings is 1. The van der Waals surface area contributed by atoms with Crippen molar-refractivity contribution in [3.05, 3.63) is 35.4 Å². The Morgan fingerprint density at radius 3 is 2.21 bits per heavy atom. The number of carbonyl (C=O) groups is 1. The van der Waals surface area contributed by atoms with Gasteiger partial charge in [0, 0.05) is 19.6 Å². The molecule has 1 aromatic carbocycles. The maximum Gasteiger partial charge on any atom is 0.335 e. The Hall–Kier alpha value is -1.39. The van der Waals surface area contributed by atoms with Gasteiger partial charge in [-0.05, 0) is 62.1 Å². The number of rotatable bonds is 5. The highest BCUT2D eigenvalue weighted by Gasteiger charge is 2.25. The second-order valence-corrected chi connectivity index (χ2v) is 7.50. The van der Waals surface area contributed by atoms with Crippen molar-refractivity contribution in [1.29, 1.82) is 0 Å². The van der Waals surface area contributed by atoms with E-state index in [9.17, 15) is 4.79 Å². The molecular weight excluding hydrogens is 302 g/mol. The number of piperidine rings is 1. The highest BCUT2D eigenvalue weighted by Crippen LogP contribution is 2.28.